The normalized spacial score (nSPS) is 13.0. The van der Waals surface area contributed by atoms with Gasteiger partial charge in [0.1, 0.15) is 5.82 Å². The molecule has 0 unspecified atom stereocenters. The molecule has 0 spiro atoms. The molecule has 2 heterocycles. The molecule has 5 nitrogen and oxygen atoms in total. The molecule has 2 N–H and O–H groups in total. The molecular formula is C14H9ClFN3O2. The fraction of sp³-hybridized carbons (Fsp3) is 0.0714. The van der Waals surface area contributed by atoms with Gasteiger partial charge in [-0.2, -0.15) is 0 Å². The topological polar surface area (TPSA) is 62.3 Å². The number of benzene rings is 2. The highest BCUT2D eigenvalue weighted by molar-refractivity contribution is 6.31. The zero-order valence-corrected chi connectivity index (χ0v) is 11.4. The third-order valence-corrected chi connectivity index (χ3v) is 3.63. The Hall–Kier alpha value is -2.47. The van der Waals surface area contributed by atoms with Crippen LogP contribution in [0.5, 0.6) is 11.5 Å². The highest BCUT2D eigenvalue weighted by Gasteiger charge is 2.17. The van der Waals surface area contributed by atoms with Gasteiger partial charge in [-0.25, -0.2) is 9.37 Å². The molecule has 0 saturated carbocycles. The minimum Gasteiger partial charge on any atom is -0.454 e. The second-order valence-corrected chi connectivity index (χ2v) is 5.01. The summed E-state index contributed by atoms with van der Waals surface area (Å²) in [5.41, 5.74) is 7.74. The SMILES string of the molecule is Nc1nc2cc(F)c(Cl)cc2n1-c1ccc2c(c1)OCO2. The summed E-state index contributed by atoms with van der Waals surface area (Å²) in [4.78, 5) is 4.16. The number of nitrogens with two attached hydrogens (primary N) is 1. The Balaban J connectivity index is 1.97. The van der Waals surface area contributed by atoms with Gasteiger partial charge in [-0.05, 0) is 18.2 Å². The van der Waals surface area contributed by atoms with Crippen LogP contribution in [0.3, 0.4) is 0 Å². The number of fused-ring (bicyclic) bond motifs is 2. The smallest absolute Gasteiger partial charge is 0.231 e. The van der Waals surface area contributed by atoms with Gasteiger partial charge in [0.15, 0.2) is 11.5 Å². The van der Waals surface area contributed by atoms with Gasteiger partial charge in [0, 0.05) is 12.1 Å². The molecule has 1 aliphatic heterocycles. The first-order chi connectivity index (χ1) is 10.1. The van der Waals surface area contributed by atoms with E-state index < -0.39 is 5.82 Å². The van der Waals surface area contributed by atoms with Crippen molar-refractivity contribution in [3.63, 3.8) is 0 Å². The summed E-state index contributed by atoms with van der Waals surface area (Å²) in [5.74, 6) is 1.01. The standard InChI is InChI=1S/C14H9ClFN3O2/c15-8-4-11-10(5-9(8)16)18-14(17)19(11)7-1-2-12-13(3-7)21-6-20-12/h1-5H,6H2,(H2,17,18). The molecule has 106 valence electrons. The first kappa shape index (κ1) is 12.3. The van der Waals surface area contributed by atoms with Gasteiger partial charge in [-0.3, -0.25) is 4.57 Å². The van der Waals surface area contributed by atoms with Crippen molar-refractivity contribution in [2.75, 3.05) is 12.5 Å². The number of anilines is 1. The van der Waals surface area contributed by atoms with Crippen molar-refractivity contribution in [1.29, 1.82) is 0 Å². The second-order valence-electron chi connectivity index (χ2n) is 4.60. The summed E-state index contributed by atoms with van der Waals surface area (Å²) < 4.78 is 25.8. The molecule has 0 amide bonds. The second kappa shape index (κ2) is 4.26. The number of nitrogen functional groups attached to an aromatic ring is 1. The molecule has 21 heavy (non-hydrogen) atoms. The Labute approximate surface area is 123 Å². The van der Waals surface area contributed by atoms with E-state index in [0.717, 1.165) is 5.69 Å². The number of hydrogen-bond donors (Lipinski definition) is 1. The molecule has 1 aromatic heterocycles. The maximum absolute atomic E-state index is 13.5. The van der Waals surface area contributed by atoms with Crippen molar-refractivity contribution in [2.24, 2.45) is 0 Å². The van der Waals surface area contributed by atoms with E-state index in [1.54, 1.807) is 16.7 Å². The van der Waals surface area contributed by atoms with Gasteiger partial charge < -0.3 is 15.2 Å². The molecule has 0 saturated heterocycles. The number of nitrogens with zero attached hydrogens (tertiary/aromatic N) is 2. The van der Waals surface area contributed by atoms with Gasteiger partial charge in [0.25, 0.3) is 0 Å². The number of halogens is 2. The molecule has 0 fully saturated rings. The van der Waals surface area contributed by atoms with Crippen LogP contribution in [0.15, 0.2) is 30.3 Å². The van der Waals surface area contributed by atoms with Crippen LogP contribution in [0, 0.1) is 5.82 Å². The Kier molecular flexibility index (Phi) is 2.49. The van der Waals surface area contributed by atoms with Crippen molar-refractivity contribution in [3.05, 3.63) is 41.2 Å². The lowest BCUT2D eigenvalue weighted by Gasteiger charge is -2.07. The highest BCUT2D eigenvalue weighted by Crippen LogP contribution is 2.35. The predicted molar refractivity (Wildman–Crippen MR) is 76.6 cm³/mol. The van der Waals surface area contributed by atoms with Crippen LogP contribution in [0.1, 0.15) is 0 Å². The number of rotatable bonds is 1. The van der Waals surface area contributed by atoms with Crippen LogP contribution in [0.25, 0.3) is 16.7 Å². The Morgan fingerprint density at radius 1 is 1.19 bits per heavy atom. The lowest BCUT2D eigenvalue weighted by molar-refractivity contribution is 0.174. The minimum atomic E-state index is -0.528. The van der Waals surface area contributed by atoms with Crippen molar-refractivity contribution in [3.8, 4) is 17.2 Å². The number of ether oxygens (including phenoxy) is 2. The third-order valence-electron chi connectivity index (χ3n) is 3.34. The largest absolute Gasteiger partial charge is 0.454 e. The van der Waals surface area contributed by atoms with E-state index in [-0.39, 0.29) is 17.8 Å². The summed E-state index contributed by atoms with van der Waals surface area (Å²) in [6.07, 6.45) is 0. The maximum Gasteiger partial charge on any atom is 0.231 e. The molecular weight excluding hydrogens is 297 g/mol. The lowest BCUT2D eigenvalue weighted by atomic mass is 10.2. The summed E-state index contributed by atoms with van der Waals surface area (Å²) >= 11 is 5.85. The fourth-order valence-corrected chi connectivity index (χ4v) is 2.54. The quantitative estimate of drug-likeness (QED) is 0.750. The van der Waals surface area contributed by atoms with E-state index in [9.17, 15) is 4.39 Å². The Morgan fingerprint density at radius 2 is 2.00 bits per heavy atom. The van der Waals surface area contributed by atoms with E-state index >= 15 is 0 Å². The predicted octanol–water partition coefficient (Wildman–Crippen LogP) is 3.13. The molecule has 2 aromatic carbocycles. The van der Waals surface area contributed by atoms with Crippen LogP contribution >= 0.6 is 11.6 Å². The van der Waals surface area contributed by atoms with E-state index in [4.69, 9.17) is 26.8 Å². The van der Waals surface area contributed by atoms with E-state index in [1.807, 2.05) is 6.07 Å². The maximum atomic E-state index is 13.5. The molecule has 7 heteroatoms. The van der Waals surface area contributed by atoms with Crippen molar-refractivity contribution >= 4 is 28.6 Å². The van der Waals surface area contributed by atoms with Gasteiger partial charge in [-0.1, -0.05) is 11.6 Å². The van der Waals surface area contributed by atoms with Gasteiger partial charge in [0.05, 0.1) is 21.7 Å². The van der Waals surface area contributed by atoms with Crippen molar-refractivity contribution in [1.82, 2.24) is 9.55 Å². The van der Waals surface area contributed by atoms with Crippen LogP contribution in [0.4, 0.5) is 10.3 Å². The summed E-state index contributed by atoms with van der Waals surface area (Å²) in [7, 11) is 0. The third kappa shape index (κ3) is 1.80. The highest BCUT2D eigenvalue weighted by atomic mass is 35.5. The summed E-state index contributed by atoms with van der Waals surface area (Å²) in [6.45, 7) is 0.190. The van der Waals surface area contributed by atoms with Crippen LogP contribution in [0.2, 0.25) is 5.02 Å². The number of hydrogen-bond acceptors (Lipinski definition) is 4. The van der Waals surface area contributed by atoms with Gasteiger partial charge in [0.2, 0.25) is 12.7 Å². The van der Waals surface area contributed by atoms with Crippen LogP contribution in [-0.2, 0) is 0 Å². The van der Waals surface area contributed by atoms with E-state index in [0.29, 0.717) is 22.5 Å². The molecule has 4 rings (SSSR count). The molecule has 0 bridgehead atoms. The zero-order valence-electron chi connectivity index (χ0n) is 10.6. The number of aromatic nitrogens is 2. The van der Waals surface area contributed by atoms with Crippen LogP contribution < -0.4 is 15.2 Å². The molecule has 0 atom stereocenters. The molecule has 0 radical (unpaired) electrons. The average Bonchev–Trinajstić information content (AvgIpc) is 3.02. The lowest BCUT2D eigenvalue weighted by Crippen LogP contribution is -2.00. The molecule has 0 aliphatic carbocycles. The van der Waals surface area contributed by atoms with Gasteiger partial charge in [-0.15, -0.1) is 0 Å². The first-order valence-electron chi connectivity index (χ1n) is 6.16. The van der Waals surface area contributed by atoms with E-state index in [2.05, 4.69) is 4.98 Å². The van der Waals surface area contributed by atoms with Crippen molar-refractivity contribution in [2.45, 2.75) is 0 Å². The molecule has 1 aliphatic rings. The molecule has 3 aromatic rings. The van der Waals surface area contributed by atoms with Gasteiger partial charge >= 0.3 is 0 Å². The Morgan fingerprint density at radius 3 is 2.86 bits per heavy atom. The first-order valence-corrected chi connectivity index (χ1v) is 6.54. The monoisotopic (exact) mass is 305 g/mol. The Bertz CT molecular complexity index is 878. The number of imidazole rings is 1. The fourth-order valence-electron chi connectivity index (χ4n) is 2.39. The average molecular weight is 306 g/mol. The zero-order chi connectivity index (χ0) is 14.6. The van der Waals surface area contributed by atoms with E-state index in [1.165, 1.54) is 12.1 Å². The van der Waals surface area contributed by atoms with Crippen molar-refractivity contribution < 1.29 is 13.9 Å². The van der Waals surface area contributed by atoms with Crippen LogP contribution in [-0.4, -0.2) is 16.3 Å². The summed E-state index contributed by atoms with van der Waals surface area (Å²) in [5, 5.41) is 0.0180. The summed E-state index contributed by atoms with van der Waals surface area (Å²) in [6, 6.07) is 8.16. The minimum absolute atomic E-state index is 0.0180.